The van der Waals surface area contributed by atoms with Gasteiger partial charge in [-0.05, 0) is 54.8 Å². The third-order valence-electron chi connectivity index (χ3n) is 5.36. The van der Waals surface area contributed by atoms with Crippen molar-refractivity contribution in [1.82, 2.24) is 19.2 Å². The van der Waals surface area contributed by atoms with E-state index < -0.39 is 5.91 Å². The van der Waals surface area contributed by atoms with Gasteiger partial charge in [0.2, 0.25) is 11.5 Å². The van der Waals surface area contributed by atoms with Crippen LogP contribution in [-0.4, -0.2) is 25.1 Å². The number of amides is 1. The van der Waals surface area contributed by atoms with Crippen molar-refractivity contribution in [3.05, 3.63) is 106 Å². The van der Waals surface area contributed by atoms with Gasteiger partial charge in [-0.15, -0.1) is 5.10 Å². The Balaban J connectivity index is 1.65. The molecule has 0 fully saturated rings. The zero-order valence-electron chi connectivity index (χ0n) is 17.7. The average Bonchev–Trinajstić information content (AvgIpc) is 3.23. The van der Waals surface area contributed by atoms with Crippen LogP contribution in [0.25, 0.3) is 16.7 Å². The molecule has 5 rings (SSSR count). The monoisotopic (exact) mass is 423 g/mol. The van der Waals surface area contributed by atoms with E-state index in [0.29, 0.717) is 17.7 Å². The molecule has 1 N–H and O–H groups in total. The van der Waals surface area contributed by atoms with Crippen LogP contribution in [0, 0.1) is 13.8 Å². The molecule has 0 aliphatic heterocycles. The highest BCUT2D eigenvalue weighted by atomic mass is 16.2. The van der Waals surface area contributed by atoms with Crippen molar-refractivity contribution in [2.75, 3.05) is 5.32 Å². The fourth-order valence-electron chi connectivity index (χ4n) is 3.81. The molecule has 3 aromatic carbocycles. The summed E-state index contributed by atoms with van der Waals surface area (Å²) in [6.07, 6.45) is 0. The molecule has 0 saturated carbocycles. The lowest BCUT2D eigenvalue weighted by atomic mass is 10.2. The second kappa shape index (κ2) is 7.77. The number of nitrogens with one attached hydrogen (secondary N) is 1. The van der Waals surface area contributed by atoms with E-state index in [0.717, 1.165) is 22.2 Å². The van der Waals surface area contributed by atoms with Crippen LogP contribution in [-0.2, 0) is 6.54 Å². The third-order valence-corrected chi connectivity index (χ3v) is 5.36. The Kier molecular flexibility index (Phi) is 4.78. The van der Waals surface area contributed by atoms with Crippen LogP contribution >= 0.6 is 0 Å². The molecule has 7 heteroatoms. The summed E-state index contributed by atoms with van der Waals surface area (Å²) in [5.41, 5.74) is 4.96. The molecular formula is C25H21N5O2. The minimum Gasteiger partial charge on any atom is -0.319 e. The number of fused-ring (bicyclic) bond motifs is 3. The lowest BCUT2D eigenvalue weighted by Crippen LogP contribution is -2.24. The van der Waals surface area contributed by atoms with Crippen molar-refractivity contribution >= 4 is 28.3 Å². The Morgan fingerprint density at radius 3 is 2.47 bits per heavy atom. The Bertz CT molecular complexity index is 1530. The highest BCUT2D eigenvalue weighted by molar-refractivity contribution is 6.02. The summed E-state index contributed by atoms with van der Waals surface area (Å²) < 4.78 is 3.15. The maximum absolute atomic E-state index is 13.4. The molecule has 32 heavy (non-hydrogen) atoms. The highest BCUT2D eigenvalue weighted by Crippen LogP contribution is 2.18. The van der Waals surface area contributed by atoms with E-state index in [-0.39, 0.29) is 17.0 Å². The van der Waals surface area contributed by atoms with Crippen LogP contribution < -0.4 is 10.9 Å². The summed E-state index contributed by atoms with van der Waals surface area (Å²) in [6, 6.07) is 23.0. The van der Waals surface area contributed by atoms with Gasteiger partial charge in [-0.2, -0.15) is 4.98 Å². The van der Waals surface area contributed by atoms with Crippen molar-refractivity contribution in [1.29, 1.82) is 0 Å². The van der Waals surface area contributed by atoms with Crippen LogP contribution in [0.4, 0.5) is 5.69 Å². The topological polar surface area (TPSA) is 81.3 Å². The molecule has 0 atom stereocenters. The minimum absolute atomic E-state index is 0.0528. The molecule has 0 aliphatic rings. The van der Waals surface area contributed by atoms with Crippen molar-refractivity contribution in [3.8, 4) is 0 Å². The summed E-state index contributed by atoms with van der Waals surface area (Å²) in [5, 5.41) is 7.18. The molecule has 5 aromatic rings. The Labute approximate surface area is 184 Å². The molecule has 2 heterocycles. The molecule has 0 aliphatic carbocycles. The van der Waals surface area contributed by atoms with Gasteiger partial charge in [-0.1, -0.05) is 48.5 Å². The first-order valence-electron chi connectivity index (χ1n) is 10.3. The summed E-state index contributed by atoms with van der Waals surface area (Å²) in [7, 11) is 0. The van der Waals surface area contributed by atoms with Gasteiger partial charge in [-0.3, -0.25) is 14.2 Å². The molecule has 0 radical (unpaired) electrons. The smallest absolute Gasteiger partial charge is 0.296 e. The fraction of sp³-hybridized carbons (Fsp3) is 0.120. The van der Waals surface area contributed by atoms with Gasteiger partial charge in [0, 0.05) is 5.69 Å². The van der Waals surface area contributed by atoms with Crippen molar-refractivity contribution in [2.45, 2.75) is 20.4 Å². The number of anilines is 1. The first kappa shape index (κ1) is 19.7. The number of aryl methyl sites for hydroxylation is 2. The van der Waals surface area contributed by atoms with Crippen molar-refractivity contribution in [3.63, 3.8) is 0 Å². The number of hydrogen-bond acceptors (Lipinski definition) is 4. The maximum Gasteiger partial charge on any atom is 0.296 e. The van der Waals surface area contributed by atoms with E-state index in [4.69, 9.17) is 0 Å². The molecular weight excluding hydrogens is 402 g/mol. The lowest BCUT2D eigenvalue weighted by molar-refractivity contribution is 0.101. The van der Waals surface area contributed by atoms with Crippen molar-refractivity contribution in [2.24, 2.45) is 0 Å². The number of carbonyl (C=O) groups is 1. The second-order valence-corrected chi connectivity index (χ2v) is 7.86. The Hall–Kier alpha value is -4.26. The molecule has 0 saturated heterocycles. The minimum atomic E-state index is -0.464. The highest BCUT2D eigenvalue weighted by Gasteiger charge is 2.19. The molecule has 0 spiro atoms. The van der Waals surface area contributed by atoms with Crippen LogP contribution in [0.2, 0.25) is 0 Å². The van der Waals surface area contributed by atoms with Gasteiger partial charge in [0.25, 0.3) is 11.5 Å². The number of carbonyl (C=O) groups excluding carboxylic acids is 1. The maximum atomic E-state index is 13.4. The standard InChI is InChI=1S/C25H21N5O2/c1-16-7-6-10-19(13-16)26-24(31)22-27-23-25(32)29(15-18-8-4-3-5-9-18)21-14-17(2)11-12-20(21)30(23)28-22/h3-14H,15H2,1-2H3,(H,26,31). The van der Waals surface area contributed by atoms with E-state index in [1.807, 2.05) is 80.6 Å². The van der Waals surface area contributed by atoms with E-state index >= 15 is 0 Å². The summed E-state index contributed by atoms with van der Waals surface area (Å²) in [4.78, 5) is 30.5. The first-order valence-corrected chi connectivity index (χ1v) is 10.3. The second-order valence-electron chi connectivity index (χ2n) is 7.86. The number of rotatable bonds is 4. The Morgan fingerprint density at radius 2 is 1.69 bits per heavy atom. The van der Waals surface area contributed by atoms with Gasteiger partial charge >= 0.3 is 0 Å². The Morgan fingerprint density at radius 1 is 0.906 bits per heavy atom. The zero-order chi connectivity index (χ0) is 22.2. The van der Waals surface area contributed by atoms with Crippen molar-refractivity contribution < 1.29 is 4.79 Å². The van der Waals surface area contributed by atoms with E-state index in [9.17, 15) is 9.59 Å². The van der Waals surface area contributed by atoms with Crippen LogP contribution in [0.1, 0.15) is 27.3 Å². The number of aromatic nitrogens is 4. The van der Waals surface area contributed by atoms with E-state index in [1.54, 1.807) is 10.6 Å². The quantitative estimate of drug-likeness (QED) is 0.474. The van der Waals surface area contributed by atoms with Crippen LogP contribution in [0.15, 0.2) is 77.6 Å². The fourth-order valence-corrected chi connectivity index (χ4v) is 3.81. The number of hydrogen-bond donors (Lipinski definition) is 1. The van der Waals surface area contributed by atoms with Gasteiger partial charge < -0.3 is 5.32 Å². The van der Waals surface area contributed by atoms with Gasteiger partial charge in [-0.25, -0.2) is 4.52 Å². The summed E-state index contributed by atoms with van der Waals surface area (Å²) in [5.74, 6) is -0.517. The SMILES string of the molecule is Cc1cccc(NC(=O)c2nc3c(=O)n(Cc4ccccc4)c4cc(C)ccc4n3n2)c1. The molecule has 1 amide bonds. The van der Waals surface area contributed by atoms with Gasteiger partial charge in [0.15, 0.2) is 0 Å². The first-order chi connectivity index (χ1) is 15.5. The normalized spacial score (nSPS) is 11.2. The molecule has 0 bridgehead atoms. The predicted octanol–water partition coefficient (Wildman–Crippen LogP) is 3.96. The lowest BCUT2D eigenvalue weighted by Gasteiger charge is -2.12. The molecule has 158 valence electrons. The number of nitrogens with zero attached hydrogens (tertiary/aromatic N) is 4. The third kappa shape index (κ3) is 3.54. The summed E-state index contributed by atoms with van der Waals surface area (Å²) >= 11 is 0. The van der Waals surface area contributed by atoms with E-state index in [2.05, 4.69) is 15.4 Å². The largest absolute Gasteiger partial charge is 0.319 e. The summed E-state index contributed by atoms with van der Waals surface area (Å²) in [6.45, 7) is 4.32. The zero-order valence-corrected chi connectivity index (χ0v) is 17.7. The predicted molar refractivity (Wildman–Crippen MR) is 124 cm³/mol. The molecule has 7 nitrogen and oxygen atoms in total. The molecule has 0 unspecified atom stereocenters. The number of benzene rings is 3. The van der Waals surface area contributed by atoms with E-state index in [1.165, 1.54) is 4.52 Å². The van der Waals surface area contributed by atoms with Gasteiger partial charge in [0.05, 0.1) is 17.6 Å². The average molecular weight is 423 g/mol. The van der Waals surface area contributed by atoms with Crippen LogP contribution in [0.5, 0.6) is 0 Å². The van der Waals surface area contributed by atoms with Crippen LogP contribution in [0.3, 0.4) is 0 Å². The molecule has 2 aromatic heterocycles. The van der Waals surface area contributed by atoms with Gasteiger partial charge in [0.1, 0.15) is 0 Å².